The molecule has 0 radical (unpaired) electrons. The summed E-state index contributed by atoms with van der Waals surface area (Å²) >= 11 is 9.69. The minimum Gasteiger partial charge on any atom is -0.496 e. The summed E-state index contributed by atoms with van der Waals surface area (Å²) in [4.78, 5) is 25.3. The molecule has 1 aromatic carbocycles. The van der Waals surface area contributed by atoms with Gasteiger partial charge in [0.05, 0.1) is 23.6 Å². The van der Waals surface area contributed by atoms with Crippen LogP contribution < -0.4 is 4.74 Å². The molecule has 0 atom stereocenters. The van der Waals surface area contributed by atoms with Gasteiger partial charge in [-0.15, -0.1) is 0 Å². The number of nitrogens with zero attached hydrogens (tertiary/aromatic N) is 1. The van der Waals surface area contributed by atoms with Gasteiger partial charge in [-0.05, 0) is 39.7 Å². The standard InChI is InChI=1S/C14H12BrNO4S2/c1-19-10-4-3-8(5-9(10)15)6-11-13(18)16(14(21)22-11)7-12(17)20-2/h3-6H,7H2,1-2H3/b11-6-. The molecular formula is C14H12BrNO4S2. The normalized spacial score (nSPS) is 16.3. The number of carbonyl (C=O) groups excluding carboxylic acids is 2. The van der Waals surface area contributed by atoms with Gasteiger partial charge in [0.15, 0.2) is 0 Å². The number of ether oxygens (including phenoxy) is 2. The summed E-state index contributed by atoms with van der Waals surface area (Å²) in [6, 6.07) is 5.47. The van der Waals surface area contributed by atoms with Crippen LogP contribution in [0.15, 0.2) is 27.6 Å². The maximum Gasteiger partial charge on any atom is 0.325 e. The van der Waals surface area contributed by atoms with Crippen molar-refractivity contribution in [3.05, 3.63) is 33.1 Å². The topological polar surface area (TPSA) is 55.8 Å². The first kappa shape index (κ1) is 17.0. The van der Waals surface area contributed by atoms with E-state index in [1.165, 1.54) is 12.0 Å². The minimum atomic E-state index is -0.509. The summed E-state index contributed by atoms with van der Waals surface area (Å²) in [5, 5.41) is 0. The Morgan fingerprint density at radius 2 is 2.18 bits per heavy atom. The van der Waals surface area contributed by atoms with Gasteiger partial charge in [0, 0.05) is 0 Å². The minimum absolute atomic E-state index is 0.176. The Labute approximate surface area is 145 Å². The van der Waals surface area contributed by atoms with Gasteiger partial charge in [0.1, 0.15) is 16.6 Å². The number of carbonyl (C=O) groups is 2. The van der Waals surface area contributed by atoms with Crippen molar-refractivity contribution in [1.82, 2.24) is 4.90 Å². The molecule has 0 unspecified atom stereocenters. The molecule has 1 aliphatic rings. The molecule has 1 aliphatic heterocycles. The van der Waals surface area contributed by atoms with Crippen LogP contribution in [0.4, 0.5) is 0 Å². The number of benzene rings is 1. The van der Waals surface area contributed by atoms with Crippen molar-refractivity contribution < 1.29 is 19.1 Å². The molecule has 0 aromatic heterocycles. The molecule has 1 fully saturated rings. The summed E-state index contributed by atoms with van der Waals surface area (Å²) in [6.07, 6.45) is 1.72. The van der Waals surface area contributed by atoms with Gasteiger partial charge in [0.25, 0.3) is 5.91 Å². The first-order chi connectivity index (χ1) is 10.5. The van der Waals surface area contributed by atoms with Gasteiger partial charge >= 0.3 is 5.97 Å². The summed E-state index contributed by atoms with van der Waals surface area (Å²) in [5.74, 6) is -0.104. The number of rotatable bonds is 4. The zero-order valence-electron chi connectivity index (χ0n) is 11.8. The number of amides is 1. The lowest BCUT2D eigenvalue weighted by atomic mass is 10.2. The molecule has 0 aliphatic carbocycles. The van der Waals surface area contributed by atoms with Crippen molar-refractivity contribution in [3.8, 4) is 5.75 Å². The SMILES string of the molecule is COC(=O)CN1C(=O)/C(=C/c2ccc(OC)c(Br)c2)SC1=S. The lowest BCUT2D eigenvalue weighted by molar-refractivity contribution is -0.143. The van der Waals surface area contributed by atoms with Crippen LogP contribution in [-0.2, 0) is 14.3 Å². The Hall–Kier alpha value is -1.38. The van der Waals surface area contributed by atoms with Crippen molar-refractivity contribution in [3.63, 3.8) is 0 Å². The number of methoxy groups -OCH3 is 2. The van der Waals surface area contributed by atoms with Crippen LogP contribution in [0.25, 0.3) is 6.08 Å². The van der Waals surface area contributed by atoms with Crippen molar-refractivity contribution in [2.45, 2.75) is 0 Å². The third kappa shape index (κ3) is 3.68. The number of thiocarbonyl (C=S) groups is 1. The molecule has 1 amide bonds. The lowest BCUT2D eigenvalue weighted by Crippen LogP contribution is -2.33. The summed E-state index contributed by atoms with van der Waals surface area (Å²) in [6.45, 7) is -0.176. The van der Waals surface area contributed by atoms with E-state index in [9.17, 15) is 9.59 Å². The number of esters is 1. The second kappa shape index (κ2) is 7.26. The highest BCUT2D eigenvalue weighted by Gasteiger charge is 2.33. The van der Waals surface area contributed by atoms with E-state index in [2.05, 4.69) is 20.7 Å². The van der Waals surface area contributed by atoms with E-state index in [0.29, 0.717) is 15.0 Å². The van der Waals surface area contributed by atoms with Crippen molar-refractivity contribution >= 4 is 62.2 Å². The molecule has 1 heterocycles. The maximum atomic E-state index is 12.3. The van der Waals surface area contributed by atoms with Crippen LogP contribution in [0.2, 0.25) is 0 Å². The molecule has 0 bridgehead atoms. The van der Waals surface area contributed by atoms with Crippen LogP contribution in [0, 0.1) is 0 Å². The Morgan fingerprint density at radius 1 is 1.45 bits per heavy atom. The smallest absolute Gasteiger partial charge is 0.325 e. The number of thioether (sulfide) groups is 1. The van der Waals surface area contributed by atoms with E-state index in [4.69, 9.17) is 17.0 Å². The molecule has 5 nitrogen and oxygen atoms in total. The average Bonchev–Trinajstić information content (AvgIpc) is 2.75. The first-order valence-electron chi connectivity index (χ1n) is 6.12. The number of hydrogen-bond acceptors (Lipinski definition) is 6. The Bertz CT molecular complexity index is 675. The van der Waals surface area contributed by atoms with Crippen LogP contribution in [-0.4, -0.2) is 41.9 Å². The quantitative estimate of drug-likeness (QED) is 0.439. The monoisotopic (exact) mass is 401 g/mol. The number of halogens is 1. The number of hydrogen-bond donors (Lipinski definition) is 0. The highest BCUT2D eigenvalue weighted by atomic mass is 79.9. The molecule has 0 N–H and O–H groups in total. The van der Waals surface area contributed by atoms with Gasteiger partial charge in [-0.25, -0.2) is 0 Å². The van der Waals surface area contributed by atoms with E-state index >= 15 is 0 Å². The average molecular weight is 402 g/mol. The second-order valence-electron chi connectivity index (χ2n) is 4.24. The third-order valence-corrected chi connectivity index (χ3v) is 4.86. The van der Waals surface area contributed by atoms with Crippen LogP contribution in [0.3, 0.4) is 0 Å². The molecule has 22 heavy (non-hydrogen) atoms. The summed E-state index contributed by atoms with van der Waals surface area (Å²) in [5.41, 5.74) is 0.825. The summed E-state index contributed by atoms with van der Waals surface area (Å²) in [7, 11) is 2.85. The molecule has 2 rings (SSSR count). The molecule has 0 spiro atoms. The Balaban J connectivity index is 2.22. The van der Waals surface area contributed by atoms with Crippen LogP contribution in [0.1, 0.15) is 5.56 Å². The predicted molar refractivity (Wildman–Crippen MR) is 92.6 cm³/mol. The van der Waals surface area contributed by atoms with Gasteiger partial charge in [-0.1, -0.05) is 30.0 Å². The van der Waals surface area contributed by atoms with E-state index < -0.39 is 5.97 Å². The predicted octanol–water partition coefficient (Wildman–Crippen LogP) is 2.83. The van der Waals surface area contributed by atoms with Crippen LogP contribution >= 0.6 is 39.9 Å². The second-order valence-corrected chi connectivity index (χ2v) is 6.77. The fraction of sp³-hybridized carbons (Fsp3) is 0.214. The molecule has 0 saturated carbocycles. The van der Waals surface area contributed by atoms with E-state index in [0.717, 1.165) is 21.8 Å². The fourth-order valence-corrected chi connectivity index (χ4v) is 3.57. The van der Waals surface area contributed by atoms with Crippen molar-refractivity contribution in [1.29, 1.82) is 0 Å². The summed E-state index contributed by atoms with van der Waals surface area (Å²) < 4.78 is 10.9. The molecule has 8 heteroatoms. The zero-order valence-corrected chi connectivity index (χ0v) is 15.0. The highest BCUT2D eigenvalue weighted by molar-refractivity contribution is 9.10. The van der Waals surface area contributed by atoms with Crippen LogP contribution in [0.5, 0.6) is 5.75 Å². The van der Waals surface area contributed by atoms with Gasteiger partial charge < -0.3 is 9.47 Å². The van der Waals surface area contributed by atoms with E-state index in [-0.39, 0.29) is 12.5 Å². The zero-order chi connectivity index (χ0) is 16.3. The largest absolute Gasteiger partial charge is 0.496 e. The molecule has 1 aromatic rings. The third-order valence-electron chi connectivity index (χ3n) is 2.86. The molecule has 116 valence electrons. The maximum absolute atomic E-state index is 12.3. The van der Waals surface area contributed by atoms with E-state index in [1.54, 1.807) is 19.3 Å². The Morgan fingerprint density at radius 3 is 2.77 bits per heavy atom. The van der Waals surface area contributed by atoms with Crippen molar-refractivity contribution in [2.24, 2.45) is 0 Å². The molecular weight excluding hydrogens is 390 g/mol. The Kier molecular flexibility index (Phi) is 5.60. The van der Waals surface area contributed by atoms with Gasteiger partial charge in [-0.2, -0.15) is 0 Å². The fourth-order valence-electron chi connectivity index (χ4n) is 1.75. The lowest BCUT2D eigenvalue weighted by Gasteiger charge is -2.11. The first-order valence-corrected chi connectivity index (χ1v) is 8.13. The van der Waals surface area contributed by atoms with Gasteiger partial charge in [-0.3, -0.25) is 14.5 Å². The van der Waals surface area contributed by atoms with Crippen molar-refractivity contribution in [2.75, 3.05) is 20.8 Å². The van der Waals surface area contributed by atoms with E-state index in [1.807, 2.05) is 12.1 Å². The molecule has 1 saturated heterocycles. The van der Waals surface area contributed by atoms with Gasteiger partial charge in [0.2, 0.25) is 0 Å². The highest BCUT2D eigenvalue weighted by Crippen LogP contribution is 2.33.